The minimum Gasteiger partial charge on any atom is -0.465 e. The van der Waals surface area contributed by atoms with Crippen LogP contribution >= 0.6 is 0 Å². The summed E-state index contributed by atoms with van der Waals surface area (Å²) < 4.78 is 10.3. The summed E-state index contributed by atoms with van der Waals surface area (Å²) in [5.41, 5.74) is 7.23. The van der Waals surface area contributed by atoms with Gasteiger partial charge < -0.3 is 15.2 Å². The number of methoxy groups -OCH3 is 1. The maximum atomic E-state index is 11.6. The van der Waals surface area contributed by atoms with Crippen molar-refractivity contribution >= 4 is 11.7 Å². The molecule has 0 fully saturated rings. The largest absolute Gasteiger partial charge is 0.465 e. The van der Waals surface area contributed by atoms with Gasteiger partial charge in [0.15, 0.2) is 0 Å². The average molecular weight is 282 g/mol. The molecule has 2 rings (SSSR count). The standard InChI is InChI=1S/C16H14N2O3/c1-20-16(19)14-10-13(6-7-15(14)18)21-12-4-2-11(3-5-12)8-9-17/h2-7,10H,8,18H2,1H3. The molecule has 0 radical (unpaired) electrons. The molecule has 0 aliphatic carbocycles. The number of ether oxygens (including phenoxy) is 2. The first-order chi connectivity index (χ1) is 10.1. The van der Waals surface area contributed by atoms with E-state index in [0.29, 0.717) is 23.6 Å². The van der Waals surface area contributed by atoms with E-state index in [1.807, 2.05) is 12.1 Å². The quantitative estimate of drug-likeness (QED) is 0.688. The number of nitrogens with two attached hydrogens (primary N) is 1. The summed E-state index contributed by atoms with van der Waals surface area (Å²) in [5, 5.41) is 8.62. The summed E-state index contributed by atoms with van der Waals surface area (Å²) in [7, 11) is 1.29. The molecule has 0 bridgehead atoms. The van der Waals surface area contributed by atoms with Gasteiger partial charge in [0.05, 0.1) is 25.2 Å². The zero-order chi connectivity index (χ0) is 15.2. The van der Waals surface area contributed by atoms with Crippen LogP contribution in [0.3, 0.4) is 0 Å². The molecule has 0 heterocycles. The van der Waals surface area contributed by atoms with Crippen molar-refractivity contribution < 1.29 is 14.3 Å². The minimum absolute atomic E-state index is 0.260. The summed E-state index contributed by atoms with van der Waals surface area (Å²) >= 11 is 0. The van der Waals surface area contributed by atoms with Gasteiger partial charge in [0.1, 0.15) is 11.5 Å². The van der Waals surface area contributed by atoms with Gasteiger partial charge in [0, 0.05) is 5.69 Å². The van der Waals surface area contributed by atoms with Crippen LogP contribution in [0.2, 0.25) is 0 Å². The number of nitriles is 1. The monoisotopic (exact) mass is 282 g/mol. The molecule has 2 N–H and O–H groups in total. The number of carbonyl (C=O) groups is 1. The van der Waals surface area contributed by atoms with Crippen molar-refractivity contribution in [2.24, 2.45) is 0 Å². The first kappa shape index (κ1) is 14.4. The SMILES string of the molecule is COC(=O)c1cc(Oc2ccc(CC#N)cc2)ccc1N. The molecule has 0 spiro atoms. The Morgan fingerprint density at radius 1 is 1.19 bits per heavy atom. The van der Waals surface area contributed by atoms with Crippen LogP contribution in [-0.2, 0) is 11.2 Å². The van der Waals surface area contributed by atoms with Crippen LogP contribution in [0.15, 0.2) is 42.5 Å². The molecule has 0 unspecified atom stereocenters. The van der Waals surface area contributed by atoms with Crippen LogP contribution in [0.25, 0.3) is 0 Å². The van der Waals surface area contributed by atoms with Gasteiger partial charge in [-0.05, 0) is 35.9 Å². The molecule has 0 aliphatic heterocycles. The van der Waals surface area contributed by atoms with E-state index in [0.717, 1.165) is 5.56 Å². The third-order valence-electron chi connectivity index (χ3n) is 2.87. The number of nitrogens with zero attached hydrogens (tertiary/aromatic N) is 1. The predicted octanol–water partition coefficient (Wildman–Crippen LogP) is 2.91. The third kappa shape index (κ3) is 3.51. The van der Waals surface area contributed by atoms with Crippen LogP contribution in [-0.4, -0.2) is 13.1 Å². The van der Waals surface area contributed by atoms with Gasteiger partial charge in [0.25, 0.3) is 0 Å². The minimum atomic E-state index is -0.512. The molecule has 106 valence electrons. The van der Waals surface area contributed by atoms with E-state index in [4.69, 9.17) is 15.7 Å². The number of benzene rings is 2. The van der Waals surface area contributed by atoms with Crippen molar-refractivity contribution in [3.63, 3.8) is 0 Å². The topological polar surface area (TPSA) is 85.3 Å². The summed E-state index contributed by atoms with van der Waals surface area (Å²) in [4.78, 5) is 11.6. The number of rotatable bonds is 4. The molecule has 2 aromatic carbocycles. The Kier molecular flexibility index (Phi) is 4.42. The van der Waals surface area contributed by atoms with Crippen molar-refractivity contribution in [1.29, 1.82) is 5.26 Å². The predicted molar refractivity (Wildman–Crippen MR) is 78.0 cm³/mol. The van der Waals surface area contributed by atoms with Crippen LogP contribution in [0.4, 0.5) is 5.69 Å². The Morgan fingerprint density at radius 2 is 1.86 bits per heavy atom. The van der Waals surface area contributed by atoms with Crippen molar-refractivity contribution in [2.45, 2.75) is 6.42 Å². The number of hydrogen-bond acceptors (Lipinski definition) is 5. The fourth-order valence-corrected chi connectivity index (χ4v) is 1.79. The van der Waals surface area contributed by atoms with Crippen molar-refractivity contribution in [3.8, 4) is 17.6 Å². The zero-order valence-electron chi connectivity index (χ0n) is 11.5. The van der Waals surface area contributed by atoms with Gasteiger partial charge in [-0.2, -0.15) is 5.26 Å². The summed E-state index contributed by atoms with van der Waals surface area (Å²) in [6, 6.07) is 14.0. The molecule has 21 heavy (non-hydrogen) atoms. The lowest BCUT2D eigenvalue weighted by Gasteiger charge is -2.09. The highest BCUT2D eigenvalue weighted by molar-refractivity contribution is 5.95. The van der Waals surface area contributed by atoms with Gasteiger partial charge in [0.2, 0.25) is 0 Å². The van der Waals surface area contributed by atoms with E-state index in [-0.39, 0.29) is 5.56 Å². The van der Waals surface area contributed by atoms with Crippen LogP contribution < -0.4 is 10.5 Å². The van der Waals surface area contributed by atoms with Crippen molar-refractivity contribution in [3.05, 3.63) is 53.6 Å². The summed E-state index contributed by atoms with van der Waals surface area (Å²) in [6.45, 7) is 0. The van der Waals surface area contributed by atoms with E-state index < -0.39 is 5.97 Å². The highest BCUT2D eigenvalue weighted by Crippen LogP contribution is 2.26. The number of esters is 1. The Balaban J connectivity index is 2.20. The van der Waals surface area contributed by atoms with Gasteiger partial charge in [-0.15, -0.1) is 0 Å². The second-order valence-corrected chi connectivity index (χ2v) is 4.32. The summed E-state index contributed by atoms with van der Waals surface area (Å²) in [5.74, 6) is 0.581. The van der Waals surface area contributed by atoms with E-state index in [2.05, 4.69) is 10.8 Å². The number of nitrogen functional groups attached to an aromatic ring is 1. The lowest BCUT2D eigenvalue weighted by molar-refractivity contribution is 0.0601. The molecule has 0 amide bonds. The smallest absolute Gasteiger partial charge is 0.340 e. The first-order valence-electron chi connectivity index (χ1n) is 6.25. The van der Waals surface area contributed by atoms with Crippen molar-refractivity contribution in [1.82, 2.24) is 0 Å². The molecular formula is C16H14N2O3. The summed E-state index contributed by atoms with van der Waals surface area (Å²) in [6.07, 6.45) is 0.356. The normalized spacial score (nSPS) is 9.71. The number of hydrogen-bond donors (Lipinski definition) is 1. The van der Waals surface area contributed by atoms with Gasteiger partial charge in [-0.3, -0.25) is 0 Å². The lowest BCUT2D eigenvalue weighted by atomic mass is 10.1. The molecule has 0 aromatic heterocycles. The highest BCUT2D eigenvalue weighted by Gasteiger charge is 2.11. The Labute approximate surface area is 122 Å². The maximum Gasteiger partial charge on any atom is 0.340 e. The van der Waals surface area contributed by atoms with E-state index >= 15 is 0 Å². The molecule has 0 saturated carbocycles. The average Bonchev–Trinajstić information content (AvgIpc) is 2.50. The van der Waals surface area contributed by atoms with E-state index in [1.165, 1.54) is 13.2 Å². The lowest BCUT2D eigenvalue weighted by Crippen LogP contribution is -2.05. The molecule has 5 nitrogen and oxygen atoms in total. The fraction of sp³-hybridized carbons (Fsp3) is 0.125. The van der Waals surface area contributed by atoms with Crippen LogP contribution in [0.1, 0.15) is 15.9 Å². The molecule has 0 aliphatic rings. The molecule has 5 heteroatoms. The second kappa shape index (κ2) is 6.44. The second-order valence-electron chi connectivity index (χ2n) is 4.32. The molecule has 2 aromatic rings. The van der Waals surface area contributed by atoms with Crippen LogP contribution in [0.5, 0.6) is 11.5 Å². The molecule has 0 saturated heterocycles. The first-order valence-corrected chi connectivity index (χ1v) is 6.25. The van der Waals surface area contributed by atoms with Gasteiger partial charge in [-0.1, -0.05) is 12.1 Å². The maximum absolute atomic E-state index is 11.6. The molecular weight excluding hydrogens is 268 g/mol. The Bertz CT molecular complexity index is 688. The fourth-order valence-electron chi connectivity index (χ4n) is 1.79. The highest BCUT2D eigenvalue weighted by atomic mass is 16.5. The molecule has 0 atom stereocenters. The van der Waals surface area contributed by atoms with E-state index in [1.54, 1.807) is 24.3 Å². The third-order valence-corrected chi connectivity index (χ3v) is 2.87. The van der Waals surface area contributed by atoms with Crippen molar-refractivity contribution in [2.75, 3.05) is 12.8 Å². The zero-order valence-corrected chi connectivity index (χ0v) is 11.5. The van der Waals surface area contributed by atoms with Gasteiger partial charge in [-0.25, -0.2) is 4.79 Å². The van der Waals surface area contributed by atoms with E-state index in [9.17, 15) is 4.79 Å². The van der Waals surface area contributed by atoms with Gasteiger partial charge >= 0.3 is 5.97 Å². The Hall–Kier alpha value is -3.00. The Morgan fingerprint density at radius 3 is 2.48 bits per heavy atom. The number of carbonyl (C=O) groups excluding carboxylic acids is 1. The number of anilines is 1. The van der Waals surface area contributed by atoms with Crippen LogP contribution in [0, 0.1) is 11.3 Å².